The maximum absolute atomic E-state index is 4.21. The summed E-state index contributed by atoms with van der Waals surface area (Å²) in [5.41, 5.74) is 5.18. The number of benzene rings is 1. The van der Waals surface area contributed by atoms with Gasteiger partial charge in [0.05, 0.1) is 6.20 Å². The molecule has 16 heavy (non-hydrogen) atoms. The molecule has 0 radical (unpaired) electrons. The fraction of sp³-hybridized carbons (Fsp3) is 0.357. The van der Waals surface area contributed by atoms with Gasteiger partial charge in [-0.3, -0.25) is 4.68 Å². The first kappa shape index (κ1) is 10.9. The third-order valence-electron chi connectivity index (χ3n) is 2.93. The molecule has 0 atom stereocenters. The Labute approximate surface area is 96.9 Å². The molecular weight excluding hydrogens is 196 g/mol. The molecule has 0 aliphatic carbocycles. The molecule has 2 rings (SSSR count). The summed E-state index contributed by atoms with van der Waals surface area (Å²) in [6.07, 6.45) is 3.97. The summed E-state index contributed by atoms with van der Waals surface area (Å²) in [5.74, 6) is 0.585. The maximum atomic E-state index is 4.21. The van der Waals surface area contributed by atoms with E-state index in [1.807, 2.05) is 17.9 Å². The van der Waals surface area contributed by atoms with Crippen LogP contribution in [0.15, 0.2) is 30.6 Å². The second kappa shape index (κ2) is 4.12. The zero-order valence-electron chi connectivity index (χ0n) is 10.4. The number of rotatable bonds is 2. The maximum Gasteiger partial charge on any atom is 0.0568 e. The lowest BCUT2D eigenvalue weighted by Gasteiger charge is -2.09. The first-order valence-electron chi connectivity index (χ1n) is 5.67. The zero-order valence-corrected chi connectivity index (χ0v) is 10.4. The number of aromatic nitrogens is 2. The van der Waals surface area contributed by atoms with Crippen molar-refractivity contribution >= 4 is 0 Å². The summed E-state index contributed by atoms with van der Waals surface area (Å²) in [7, 11) is 1.95. The highest BCUT2D eigenvalue weighted by Crippen LogP contribution is 2.26. The van der Waals surface area contributed by atoms with E-state index < -0.39 is 0 Å². The average molecular weight is 214 g/mol. The molecule has 1 heterocycles. The van der Waals surface area contributed by atoms with Crippen molar-refractivity contribution in [3.8, 4) is 11.1 Å². The Morgan fingerprint density at radius 3 is 2.50 bits per heavy atom. The monoisotopic (exact) mass is 214 g/mol. The molecule has 0 aliphatic rings. The molecule has 0 bridgehead atoms. The van der Waals surface area contributed by atoms with Gasteiger partial charge in [-0.15, -0.1) is 0 Å². The fourth-order valence-electron chi connectivity index (χ4n) is 1.93. The van der Waals surface area contributed by atoms with Gasteiger partial charge in [0, 0.05) is 18.8 Å². The fourth-order valence-corrected chi connectivity index (χ4v) is 1.93. The summed E-state index contributed by atoms with van der Waals surface area (Å²) >= 11 is 0. The van der Waals surface area contributed by atoms with E-state index in [1.54, 1.807) is 0 Å². The minimum absolute atomic E-state index is 0.585. The third kappa shape index (κ3) is 2.01. The topological polar surface area (TPSA) is 17.8 Å². The molecule has 2 aromatic rings. The molecule has 2 heteroatoms. The lowest BCUT2D eigenvalue weighted by Crippen LogP contribution is -1.90. The normalized spacial score (nSPS) is 11.1. The van der Waals surface area contributed by atoms with Crippen LogP contribution in [0, 0.1) is 6.92 Å². The highest BCUT2D eigenvalue weighted by molar-refractivity contribution is 5.66. The first-order valence-corrected chi connectivity index (χ1v) is 5.67. The largest absolute Gasteiger partial charge is 0.275 e. The van der Waals surface area contributed by atoms with Gasteiger partial charge in [-0.05, 0) is 29.5 Å². The van der Waals surface area contributed by atoms with Crippen LogP contribution in [-0.2, 0) is 7.05 Å². The van der Waals surface area contributed by atoms with Crippen molar-refractivity contribution in [2.75, 3.05) is 0 Å². The summed E-state index contributed by atoms with van der Waals surface area (Å²) in [5, 5.41) is 4.21. The van der Waals surface area contributed by atoms with E-state index >= 15 is 0 Å². The third-order valence-corrected chi connectivity index (χ3v) is 2.93. The molecule has 1 aromatic heterocycles. The summed E-state index contributed by atoms with van der Waals surface area (Å²) in [6.45, 7) is 6.60. The first-order chi connectivity index (χ1) is 7.58. The molecule has 0 aliphatic heterocycles. The predicted molar refractivity (Wildman–Crippen MR) is 67.5 cm³/mol. The van der Waals surface area contributed by atoms with Gasteiger partial charge in [-0.25, -0.2) is 0 Å². The summed E-state index contributed by atoms with van der Waals surface area (Å²) in [4.78, 5) is 0. The van der Waals surface area contributed by atoms with Crippen LogP contribution in [-0.4, -0.2) is 9.78 Å². The van der Waals surface area contributed by atoms with E-state index in [4.69, 9.17) is 0 Å². The Kier molecular flexibility index (Phi) is 2.82. The average Bonchev–Trinajstić information content (AvgIpc) is 2.64. The Morgan fingerprint density at radius 1 is 1.25 bits per heavy atom. The van der Waals surface area contributed by atoms with Gasteiger partial charge in [0.2, 0.25) is 0 Å². The molecule has 0 fully saturated rings. The van der Waals surface area contributed by atoms with Crippen molar-refractivity contribution in [3.63, 3.8) is 0 Å². The molecule has 0 amide bonds. The standard InChI is InChI=1S/C14H18N2/c1-10(2)12-5-6-14(11(3)7-12)13-8-15-16(4)9-13/h5-10H,1-4H3. The lowest BCUT2D eigenvalue weighted by atomic mass is 9.96. The van der Waals surface area contributed by atoms with Crippen LogP contribution in [0.3, 0.4) is 0 Å². The van der Waals surface area contributed by atoms with Gasteiger partial charge in [-0.2, -0.15) is 5.10 Å². The van der Waals surface area contributed by atoms with Gasteiger partial charge in [0.1, 0.15) is 0 Å². The van der Waals surface area contributed by atoms with Crippen LogP contribution in [0.25, 0.3) is 11.1 Å². The zero-order chi connectivity index (χ0) is 11.7. The molecule has 1 aromatic carbocycles. The molecule has 0 saturated heterocycles. The minimum atomic E-state index is 0.585. The number of hydrogen-bond donors (Lipinski definition) is 0. The van der Waals surface area contributed by atoms with Gasteiger partial charge in [0.25, 0.3) is 0 Å². The van der Waals surface area contributed by atoms with Crippen LogP contribution in [0.2, 0.25) is 0 Å². The highest BCUT2D eigenvalue weighted by atomic mass is 15.2. The Morgan fingerprint density at radius 2 is 2.00 bits per heavy atom. The van der Waals surface area contributed by atoms with Crippen LogP contribution in [0.4, 0.5) is 0 Å². The van der Waals surface area contributed by atoms with Crippen molar-refractivity contribution in [1.82, 2.24) is 9.78 Å². The molecule has 0 saturated carbocycles. The van der Waals surface area contributed by atoms with E-state index in [0.29, 0.717) is 5.92 Å². The molecule has 0 unspecified atom stereocenters. The van der Waals surface area contributed by atoms with Crippen LogP contribution in [0.5, 0.6) is 0 Å². The van der Waals surface area contributed by atoms with E-state index in [-0.39, 0.29) is 0 Å². The molecule has 84 valence electrons. The van der Waals surface area contributed by atoms with Crippen molar-refractivity contribution < 1.29 is 0 Å². The van der Waals surface area contributed by atoms with E-state index in [0.717, 1.165) is 0 Å². The lowest BCUT2D eigenvalue weighted by molar-refractivity contribution is 0.768. The molecular formula is C14H18N2. The Hall–Kier alpha value is -1.57. The van der Waals surface area contributed by atoms with Crippen molar-refractivity contribution in [1.29, 1.82) is 0 Å². The van der Waals surface area contributed by atoms with Crippen molar-refractivity contribution in [2.24, 2.45) is 7.05 Å². The van der Waals surface area contributed by atoms with Gasteiger partial charge in [-0.1, -0.05) is 32.0 Å². The summed E-state index contributed by atoms with van der Waals surface area (Å²) < 4.78 is 1.84. The van der Waals surface area contributed by atoms with E-state index in [9.17, 15) is 0 Å². The van der Waals surface area contributed by atoms with E-state index in [2.05, 4.69) is 50.3 Å². The Balaban J connectivity index is 2.44. The number of aryl methyl sites for hydroxylation is 2. The predicted octanol–water partition coefficient (Wildman–Crippen LogP) is 3.52. The number of nitrogens with zero attached hydrogens (tertiary/aromatic N) is 2. The van der Waals surface area contributed by atoms with Gasteiger partial charge in [0.15, 0.2) is 0 Å². The molecule has 2 nitrogen and oxygen atoms in total. The highest BCUT2D eigenvalue weighted by Gasteiger charge is 2.06. The van der Waals surface area contributed by atoms with Crippen LogP contribution >= 0.6 is 0 Å². The Bertz CT molecular complexity index is 495. The molecule has 0 spiro atoms. The second-order valence-electron chi connectivity index (χ2n) is 4.63. The summed E-state index contributed by atoms with van der Waals surface area (Å²) in [6, 6.07) is 6.68. The van der Waals surface area contributed by atoms with Crippen molar-refractivity contribution in [3.05, 3.63) is 41.7 Å². The number of hydrogen-bond acceptors (Lipinski definition) is 1. The van der Waals surface area contributed by atoms with E-state index in [1.165, 1.54) is 22.3 Å². The smallest absolute Gasteiger partial charge is 0.0568 e. The van der Waals surface area contributed by atoms with Crippen molar-refractivity contribution in [2.45, 2.75) is 26.7 Å². The minimum Gasteiger partial charge on any atom is -0.275 e. The molecule has 0 N–H and O–H groups in total. The van der Waals surface area contributed by atoms with Gasteiger partial charge < -0.3 is 0 Å². The SMILES string of the molecule is Cc1cc(C(C)C)ccc1-c1cnn(C)c1. The van der Waals surface area contributed by atoms with Gasteiger partial charge >= 0.3 is 0 Å². The quantitative estimate of drug-likeness (QED) is 0.748. The van der Waals surface area contributed by atoms with Crippen LogP contribution < -0.4 is 0 Å². The second-order valence-corrected chi connectivity index (χ2v) is 4.63. The van der Waals surface area contributed by atoms with Crippen LogP contribution in [0.1, 0.15) is 30.9 Å².